The number of hydrogen-bond acceptors (Lipinski definition) is 7. The van der Waals surface area contributed by atoms with Crippen molar-refractivity contribution in [1.82, 2.24) is 15.2 Å². The Kier molecular flexibility index (Phi) is 4.18. The number of thiazole rings is 1. The fourth-order valence-electron chi connectivity index (χ4n) is 1.64. The Hall–Kier alpha value is -1.58. The normalized spacial score (nSPS) is 16.4. The van der Waals surface area contributed by atoms with Crippen molar-refractivity contribution in [1.29, 1.82) is 0 Å². The maximum Gasteiger partial charge on any atom is 0.345 e. The van der Waals surface area contributed by atoms with Gasteiger partial charge in [-0.3, -0.25) is 19.8 Å². The van der Waals surface area contributed by atoms with Crippen molar-refractivity contribution in [3.8, 4) is 0 Å². The first kappa shape index (κ1) is 12.9. The van der Waals surface area contributed by atoms with E-state index in [0.29, 0.717) is 0 Å². The molecule has 2 heterocycles. The fraction of sp³-hybridized carbons (Fsp3) is 0.556. The van der Waals surface area contributed by atoms with E-state index in [1.807, 2.05) is 4.90 Å². The molecule has 1 aromatic rings. The number of aromatic nitrogens is 1. The van der Waals surface area contributed by atoms with Crippen LogP contribution in [0.2, 0.25) is 0 Å². The first-order valence-electron chi connectivity index (χ1n) is 5.48. The highest BCUT2D eigenvalue weighted by atomic mass is 32.1. The lowest BCUT2D eigenvalue weighted by molar-refractivity contribution is -0.380. The summed E-state index contributed by atoms with van der Waals surface area (Å²) < 4.78 is 0. The Morgan fingerprint density at radius 1 is 1.61 bits per heavy atom. The second-order valence-electron chi connectivity index (χ2n) is 3.84. The van der Waals surface area contributed by atoms with Crippen molar-refractivity contribution >= 4 is 27.4 Å². The van der Waals surface area contributed by atoms with Gasteiger partial charge in [0.2, 0.25) is 5.91 Å². The zero-order chi connectivity index (χ0) is 13.0. The first-order valence-corrected chi connectivity index (χ1v) is 6.30. The lowest BCUT2D eigenvalue weighted by Crippen LogP contribution is -2.46. The van der Waals surface area contributed by atoms with Crippen molar-refractivity contribution in [3.63, 3.8) is 0 Å². The van der Waals surface area contributed by atoms with Crippen LogP contribution in [0, 0.1) is 10.1 Å². The molecule has 98 valence electrons. The van der Waals surface area contributed by atoms with Gasteiger partial charge in [0.05, 0.1) is 11.5 Å². The zero-order valence-electron chi connectivity index (χ0n) is 9.59. The minimum atomic E-state index is -0.524. The number of amides is 1. The van der Waals surface area contributed by atoms with Gasteiger partial charge in [0.25, 0.3) is 0 Å². The van der Waals surface area contributed by atoms with Gasteiger partial charge in [0.1, 0.15) is 6.20 Å². The third-order valence-electron chi connectivity index (χ3n) is 2.50. The molecule has 1 fully saturated rings. The molecule has 1 amide bonds. The van der Waals surface area contributed by atoms with E-state index in [-0.39, 0.29) is 22.6 Å². The molecule has 0 aliphatic carbocycles. The van der Waals surface area contributed by atoms with E-state index in [9.17, 15) is 14.9 Å². The summed E-state index contributed by atoms with van der Waals surface area (Å²) in [5.74, 6) is -0.193. The van der Waals surface area contributed by atoms with Gasteiger partial charge >= 0.3 is 5.00 Å². The number of hydrogen-bond donors (Lipinski definition) is 2. The Labute approximate surface area is 107 Å². The van der Waals surface area contributed by atoms with Gasteiger partial charge in [-0.15, -0.1) is 0 Å². The molecule has 1 aromatic heterocycles. The van der Waals surface area contributed by atoms with Gasteiger partial charge in [-0.1, -0.05) is 0 Å². The summed E-state index contributed by atoms with van der Waals surface area (Å²) in [7, 11) is 0. The quantitative estimate of drug-likeness (QED) is 0.585. The lowest BCUT2D eigenvalue weighted by atomic mass is 10.3. The van der Waals surface area contributed by atoms with Gasteiger partial charge in [-0.2, -0.15) is 0 Å². The van der Waals surface area contributed by atoms with E-state index in [0.717, 1.165) is 43.7 Å². The number of carbonyl (C=O) groups is 1. The minimum absolute atomic E-state index is 0.0764. The van der Waals surface area contributed by atoms with Crippen molar-refractivity contribution in [2.24, 2.45) is 0 Å². The van der Waals surface area contributed by atoms with Gasteiger partial charge in [-0.25, -0.2) is 4.98 Å². The molecule has 2 rings (SSSR count). The summed E-state index contributed by atoms with van der Waals surface area (Å²) in [4.78, 5) is 27.4. The standard InChI is InChI=1S/C9H13N5O3S/c15-7(6-13-3-1-10-2-4-13)12-9-11-5-8(18-9)14(16)17/h5,10H,1-4,6H2,(H,11,12,15). The Balaban J connectivity index is 1.84. The van der Waals surface area contributed by atoms with Crippen LogP contribution in [-0.4, -0.2) is 53.4 Å². The van der Waals surface area contributed by atoms with Crippen LogP contribution >= 0.6 is 11.3 Å². The minimum Gasteiger partial charge on any atom is -0.314 e. The molecular formula is C9H13N5O3S. The van der Waals surface area contributed by atoms with Crippen LogP contribution in [0.5, 0.6) is 0 Å². The molecule has 0 aromatic carbocycles. The molecule has 2 N–H and O–H groups in total. The van der Waals surface area contributed by atoms with Crippen LogP contribution in [0.25, 0.3) is 0 Å². The van der Waals surface area contributed by atoms with Gasteiger partial charge < -0.3 is 10.6 Å². The van der Waals surface area contributed by atoms with Crippen molar-refractivity contribution in [2.45, 2.75) is 0 Å². The van der Waals surface area contributed by atoms with Crippen molar-refractivity contribution in [2.75, 3.05) is 38.0 Å². The Morgan fingerprint density at radius 3 is 2.94 bits per heavy atom. The Morgan fingerprint density at radius 2 is 2.33 bits per heavy atom. The third kappa shape index (κ3) is 3.45. The van der Waals surface area contributed by atoms with E-state index in [2.05, 4.69) is 15.6 Å². The molecule has 0 spiro atoms. The maximum atomic E-state index is 11.7. The Bertz CT molecular complexity index is 443. The molecule has 0 unspecified atom stereocenters. The van der Waals surface area contributed by atoms with Gasteiger partial charge in [-0.05, 0) is 11.3 Å². The molecule has 1 aliphatic heterocycles. The monoisotopic (exact) mass is 271 g/mol. The third-order valence-corrected chi connectivity index (χ3v) is 3.36. The first-order chi connectivity index (χ1) is 8.65. The largest absolute Gasteiger partial charge is 0.345 e. The van der Waals surface area contributed by atoms with Crippen LogP contribution in [0.15, 0.2) is 6.20 Å². The van der Waals surface area contributed by atoms with Crippen LogP contribution in [0.1, 0.15) is 0 Å². The van der Waals surface area contributed by atoms with E-state index in [4.69, 9.17) is 0 Å². The summed E-state index contributed by atoms with van der Waals surface area (Å²) in [5, 5.41) is 16.4. The molecule has 0 radical (unpaired) electrons. The van der Waals surface area contributed by atoms with Crippen molar-refractivity contribution < 1.29 is 9.72 Å². The molecular weight excluding hydrogens is 258 g/mol. The molecule has 0 bridgehead atoms. The molecule has 0 atom stereocenters. The van der Waals surface area contributed by atoms with Crippen LogP contribution in [0.4, 0.5) is 10.1 Å². The lowest BCUT2D eigenvalue weighted by Gasteiger charge is -2.26. The zero-order valence-corrected chi connectivity index (χ0v) is 10.4. The predicted octanol–water partition coefficient (Wildman–Crippen LogP) is -0.105. The predicted molar refractivity (Wildman–Crippen MR) is 66.7 cm³/mol. The highest BCUT2D eigenvalue weighted by Crippen LogP contribution is 2.24. The summed E-state index contributed by atoms with van der Waals surface area (Å²) in [6.45, 7) is 3.68. The average Bonchev–Trinajstić information content (AvgIpc) is 2.78. The molecule has 18 heavy (non-hydrogen) atoms. The summed E-state index contributed by atoms with van der Waals surface area (Å²) in [6.07, 6.45) is 1.14. The molecule has 8 nitrogen and oxygen atoms in total. The topological polar surface area (TPSA) is 100 Å². The highest BCUT2D eigenvalue weighted by Gasteiger charge is 2.16. The number of anilines is 1. The molecule has 9 heteroatoms. The van der Waals surface area contributed by atoms with Crippen molar-refractivity contribution in [3.05, 3.63) is 16.3 Å². The average molecular weight is 271 g/mol. The number of rotatable bonds is 4. The summed E-state index contributed by atoms with van der Waals surface area (Å²) >= 11 is 0.858. The second kappa shape index (κ2) is 5.85. The number of carbonyl (C=O) groups excluding carboxylic acids is 1. The second-order valence-corrected chi connectivity index (χ2v) is 4.84. The number of nitro groups is 1. The van der Waals surface area contributed by atoms with E-state index in [1.54, 1.807) is 0 Å². The maximum absolute atomic E-state index is 11.7. The molecule has 1 saturated heterocycles. The van der Waals surface area contributed by atoms with Crippen LogP contribution in [0.3, 0.4) is 0 Å². The number of nitrogens with one attached hydrogen (secondary N) is 2. The number of nitrogens with zero attached hydrogens (tertiary/aromatic N) is 3. The van der Waals surface area contributed by atoms with Crippen LogP contribution < -0.4 is 10.6 Å². The van der Waals surface area contributed by atoms with Gasteiger partial charge in [0.15, 0.2) is 5.13 Å². The molecule has 0 saturated carbocycles. The van der Waals surface area contributed by atoms with E-state index in [1.165, 1.54) is 0 Å². The summed E-state index contributed by atoms with van der Waals surface area (Å²) in [6, 6.07) is 0. The summed E-state index contributed by atoms with van der Waals surface area (Å²) in [5.41, 5.74) is 0. The van der Waals surface area contributed by atoms with E-state index >= 15 is 0 Å². The van der Waals surface area contributed by atoms with Gasteiger partial charge in [0, 0.05) is 26.2 Å². The molecule has 1 aliphatic rings. The fourth-order valence-corrected chi connectivity index (χ4v) is 2.29. The van der Waals surface area contributed by atoms with Crippen LogP contribution in [-0.2, 0) is 4.79 Å². The number of piperazine rings is 1. The highest BCUT2D eigenvalue weighted by molar-refractivity contribution is 7.18. The van der Waals surface area contributed by atoms with E-state index < -0.39 is 4.92 Å². The smallest absolute Gasteiger partial charge is 0.314 e. The SMILES string of the molecule is O=C(CN1CCNCC1)Nc1ncc([N+](=O)[O-])s1.